The van der Waals surface area contributed by atoms with Gasteiger partial charge in [-0.1, -0.05) is 6.07 Å². The Balaban J connectivity index is 0.00000176. The van der Waals surface area contributed by atoms with Crippen LogP contribution in [-0.2, 0) is 0 Å². The van der Waals surface area contributed by atoms with Gasteiger partial charge >= 0.3 is 0 Å². The lowest BCUT2D eigenvalue weighted by Crippen LogP contribution is -2.41. The topological polar surface area (TPSA) is 64.4 Å². The van der Waals surface area contributed by atoms with E-state index in [9.17, 15) is 4.79 Å². The third kappa shape index (κ3) is 3.36. The average molecular weight is 339 g/mol. The van der Waals surface area contributed by atoms with E-state index >= 15 is 0 Å². The van der Waals surface area contributed by atoms with Crippen molar-refractivity contribution in [1.29, 1.82) is 0 Å². The third-order valence-electron chi connectivity index (χ3n) is 3.54. The lowest BCUT2D eigenvalue weighted by atomic mass is 9.89. The fraction of sp³-hybridized carbons (Fsp3) is 0.312. The summed E-state index contributed by atoms with van der Waals surface area (Å²) >= 11 is 1.44. The monoisotopic (exact) mass is 338 g/mol. The lowest BCUT2D eigenvalue weighted by molar-refractivity contribution is 0.0621. The van der Waals surface area contributed by atoms with Gasteiger partial charge in [-0.3, -0.25) is 4.79 Å². The van der Waals surface area contributed by atoms with Gasteiger partial charge < -0.3 is 15.8 Å². The average Bonchev–Trinajstić information content (AvgIpc) is 2.93. The normalized spacial score (nSPS) is 18.5. The molecule has 0 saturated heterocycles. The number of nitrogens with two attached hydrogens (primary N) is 1. The zero-order valence-corrected chi connectivity index (χ0v) is 14.1. The predicted molar refractivity (Wildman–Crippen MR) is 92.0 cm³/mol. The first-order valence-electron chi connectivity index (χ1n) is 6.87. The van der Waals surface area contributed by atoms with E-state index in [1.54, 1.807) is 0 Å². The molecule has 0 fully saturated rings. The first-order valence-corrected chi connectivity index (χ1v) is 7.75. The second-order valence-corrected chi connectivity index (χ2v) is 6.81. The molecule has 1 unspecified atom stereocenters. The molecule has 0 bridgehead atoms. The lowest BCUT2D eigenvalue weighted by Gasteiger charge is -2.38. The van der Waals surface area contributed by atoms with Crippen LogP contribution in [0.5, 0.6) is 5.75 Å². The minimum Gasteiger partial charge on any atom is -0.487 e. The van der Waals surface area contributed by atoms with Crippen LogP contribution in [0.2, 0.25) is 0 Å². The van der Waals surface area contributed by atoms with Crippen molar-refractivity contribution in [2.75, 3.05) is 5.73 Å². The molecule has 1 aliphatic rings. The molecule has 1 aromatic heterocycles. The Kier molecular flexibility index (Phi) is 4.68. The van der Waals surface area contributed by atoms with E-state index in [0.717, 1.165) is 11.3 Å². The summed E-state index contributed by atoms with van der Waals surface area (Å²) in [5, 5.41) is 4.99. The molecule has 1 atom stereocenters. The van der Waals surface area contributed by atoms with Gasteiger partial charge in [0, 0.05) is 17.7 Å². The quantitative estimate of drug-likeness (QED) is 0.819. The van der Waals surface area contributed by atoms with Gasteiger partial charge in [0.25, 0.3) is 5.91 Å². The number of carbonyl (C=O) groups is 1. The van der Waals surface area contributed by atoms with Crippen molar-refractivity contribution in [3.05, 3.63) is 46.2 Å². The van der Waals surface area contributed by atoms with E-state index in [-0.39, 0.29) is 30.0 Å². The molecule has 0 spiro atoms. The molecular weight excluding hydrogens is 320 g/mol. The molecule has 1 aliphatic heterocycles. The fourth-order valence-corrected chi connectivity index (χ4v) is 3.27. The maximum Gasteiger partial charge on any atom is 0.261 e. The summed E-state index contributed by atoms with van der Waals surface area (Å²) in [4.78, 5) is 13.0. The molecule has 1 aromatic carbocycles. The summed E-state index contributed by atoms with van der Waals surface area (Å²) < 4.78 is 5.97. The third-order valence-corrected chi connectivity index (χ3v) is 4.41. The molecule has 118 valence electrons. The van der Waals surface area contributed by atoms with Crippen molar-refractivity contribution >= 4 is 35.3 Å². The van der Waals surface area contributed by atoms with Crippen LogP contribution >= 0.6 is 23.7 Å². The van der Waals surface area contributed by atoms with Crippen LogP contribution in [0.4, 0.5) is 5.69 Å². The van der Waals surface area contributed by atoms with E-state index in [4.69, 9.17) is 10.5 Å². The molecule has 0 saturated carbocycles. The number of halogens is 1. The second-order valence-electron chi connectivity index (χ2n) is 5.87. The number of thiophene rings is 1. The van der Waals surface area contributed by atoms with Gasteiger partial charge in [0.15, 0.2) is 0 Å². The SMILES string of the molecule is CC1(C)CC(NC(=O)c2cccs2)c2cc(N)ccc2O1.Cl. The Bertz CT molecular complexity index is 671. The Morgan fingerprint density at radius 1 is 1.41 bits per heavy atom. The Morgan fingerprint density at radius 2 is 2.18 bits per heavy atom. The molecule has 22 heavy (non-hydrogen) atoms. The highest BCUT2D eigenvalue weighted by Crippen LogP contribution is 2.40. The number of benzene rings is 1. The van der Waals surface area contributed by atoms with Crippen LogP contribution in [-0.4, -0.2) is 11.5 Å². The Labute approximate surface area is 140 Å². The summed E-state index contributed by atoms with van der Waals surface area (Å²) in [7, 11) is 0. The van der Waals surface area contributed by atoms with Crippen molar-refractivity contribution in [1.82, 2.24) is 5.32 Å². The standard InChI is InChI=1S/C16H18N2O2S.ClH/c1-16(2)9-12(18-15(19)14-4-3-7-21-14)11-8-10(17)5-6-13(11)20-16;/h3-8,12H,9,17H2,1-2H3,(H,18,19);1H. The fourth-order valence-electron chi connectivity index (χ4n) is 2.64. The summed E-state index contributed by atoms with van der Waals surface area (Å²) in [6.45, 7) is 4.05. The van der Waals surface area contributed by atoms with Crippen LogP contribution in [0.3, 0.4) is 0 Å². The van der Waals surface area contributed by atoms with E-state index in [1.165, 1.54) is 11.3 Å². The van der Waals surface area contributed by atoms with E-state index < -0.39 is 0 Å². The number of ether oxygens (including phenoxy) is 1. The zero-order chi connectivity index (χ0) is 15.0. The van der Waals surface area contributed by atoms with Crippen LogP contribution in [0.15, 0.2) is 35.7 Å². The summed E-state index contributed by atoms with van der Waals surface area (Å²) in [5.74, 6) is 0.734. The first-order chi connectivity index (χ1) is 9.94. The molecule has 2 aromatic rings. The number of nitrogens with one attached hydrogen (secondary N) is 1. The molecule has 1 amide bonds. The molecule has 0 aliphatic carbocycles. The number of carbonyl (C=O) groups excluding carboxylic acids is 1. The van der Waals surface area contributed by atoms with Crippen LogP contribution in [0.1, 0.15) is 41.5 Å². The molecule has 3 N–H and O–H groups in total. The van der Waals surface area contributed by atoms with Crippen molar-refractivity contribution in [3.63, 3.8) is 0 Å². The number of amides is 1. The first kappa shape index (κ1) is 16.6. The van der Waals surface area contributed by atoms with Gasteiger partial charge in [0.2, 0.25) is 0 Å². The highest BCUT2D eigenvalue weighted by Gasteiger charge is 2.34. The highest BCUT2D eigenvalue weighted by atomic mass is 35.5. The van der Waals surface area contributed by atoms with E-state index in [2.05, 4.69) is 5.32 Å². The van der Waals surface area contributed by atoms with Crippen LogP contribution in [0.25, 0.3) is 0 Å². The van der Waals surface area contributed by atoms with Crippen molar-refractivity contribution < 1.29 is 9.53 Å². The van der Waals surface area contributed by atoms with Gasteiger partial charge in [-0.15, -0.1) is 23.7 Å². The molecule has 2 heterocycles. The van der Waals surface area contributed by atoms with Crippen molar-refractivity contribution in [2.45, 2.75) is 31.9 Å². The number of nitrogen functional groups attached to an aromatic ring is 1. The largest absolute Gasteiger partial charge is 0.487 e. The molecule has 4 nitrogen and oxygen atoms in total. The highest BCUT2D eigenvalue weighted by molar-refractivity contribution is 7.12. The predicted octanol–water partition coefficient (Wildman–Crippen LogP) is 3.78. The number of rotatable bonds is 2. The van der Waals surface area contributed by atoms with Crippen LogP contribution < -0.4 is 15.8 Å². The Morgan fingerprint density at radius 3 is 2.86 bits per heavy atom. The minimum absolute atomic E-state index is 0. The van der Waals surface area contributed by atoms with Gasteiger partial charge in [-0.2, -0.15) is 0 Å². The smallest absolute Gasteiger partial charge is 0.261 e. The van der Waals surface area contributed by atoms with E-state index in [1.807, 2.05) is 49.6 Å². The number of anilines is 1. The maximum atomic E-state index is 12.3. The molecule has 6 heteroatoms. The minimum atomic E-state index is -0.323. The summed E-state index contributed by atoms with van der Waals surface area (Å²) in [6, 6.07) is 9.17. The van der Waals surface area contributed by atoms with E-state index in [0.29, 0.717) is 17.0 Å². The number of fused-ring (bicyclic) bond motifs is 1. The van der Waals surface area contributed by atoms with Gasteiger partial charge in [0.1, 0.15) is 11.4 Å². The molecular formula is C16H19ClN2O2S. The molecule has 0 radical (unpaired) electrons. The van der Waals surface area contributed by atoms with Gasteiger partial charge in [0.05, 0.1) is 10.9 Å². The van der Waals surface area contributed by atoms with Crippen LogP contribution in [0, 0.1) is 0 Å². The van der Waals surface area contributed by atoms with Gasteiger partial charge in [-0.05, 0) is 43.5 Å². The number of hydrogen-bond acceptors (Lipinski definition) is 4. The summed E-state index contributed by atoms with van der Waals surface area (Å²) in [5.41, 5.74) is 7.17. The van der Waals surface area contributed by atoms with Gasteiger partial charge in [-0.25, -0.2) is 0 Å². The molecule has 3 rings (SSSR count). The maximum absolute atomic E-state index is 12.3. The second kappa shape index (κ2) is 6.18. The zero-order valence-electron chi connectivity index (χ0n) is 12.5. The van der Waals surface area contributed by atoms with Crippen molar-refractivity contribution in [3.8, 4) is 5.75 Å². The summed E-state index contributed by atoms with van der Waals surface area (Å²) in [6.07, 6.45) is 0.709. The number of hydrogen-bond donors (Lipinski definition) is 2. The van der Waals surface area contributed by atoms with Crippen molar-refractivity contribution in [2.24, 2.45) is 0 Å². The Hall–Kier alpha value is -1.72.